The Kier molecular flexibility index (Phi) is 3.85. The fraction of sp³-hybridized carbons (Fsp3) is 0.0714. The van der Waals surface area contributed by atoms with Crippen molar-refractivity contribution in [2.45, 2.75) is 16.7 Å². The van der Waals surface area contributed by atoms with Gasteiger partial charge in [0.1, 0.15) is 17.5 Å². The van der Waals surface area contributed by atoms with E-state index in [0.717, 1.165) is 23.4 Å². The lowest BCUT2D eigenvalue weighted by Gasteiger charge is -2.09. The minimum absolute atomic E-state index is 0.0787. The van der Waals surface area contributed by atoms with Crippen LogP contribution in [0.25, 0.3) is 0 Å². The highest BCUT2D eigenvalue weighted by atomic mass is 32.2. The van der Waals surface area contributed by atoms with E-state index in [4.69, 9.17) is 11.1 Å². The number of nitrogen functional groups attached to an aromatic ring is 1. The van der Waals surface area contributed by atoms with Crippen molar-refractivity contribution in [3.05, 3.63) is 59.2 Å². The molecule has 98 valence electrons. The number of amidine groups is 1. The molecular formula is C14H12F2N2S. The third kappa shape index (κ3) is 3.12. The summed E-state index contributed by atoms with van der Waals surface area (Å²) in [5.74, 6) is -1.32. The zero-order valence-corrected chi connectivity index (χ0v) is 11.0. The van der Waals surface area contributed by atoms with E-state index in [1.165, 1.54) is 12.1 Å². The van der Waals surface area contributed by atoms with Crippen molar-refractivity contribution >= 4 is 17.6 Å². The van der Waals surface area contributed by atoms with Crippen molar-refractivity contribution in [2.24, 2.45) is 5.73 Å². The predicted molar refractivity (Wildman–Crippen MR) is 72.7 cm³/mol. The molecule has 0 aliphatic heterocycles. The lowest BCUT2D eigenvalue weighted by Crippen LogP contribution is -2.12. The van der Waals surface area contributed by atoms with Gasteiger partial charge in [0.05, 0.1) is 0 Å². The van der Waals surface area contributed by atoms with Gasteiger partial charge in [0.25, 0.3) is 0 Å². The van der Waals surface area contributed by atoms with Crippen molar-refractivity contribution in [1.82, 2.24) is 0 Å². The molecule has 2 aromatic carbocycles. The maximum Gasteiger partial charge on any atom is 0.140 e. The van der Waals surface area contributed by atoms with Gasteiger partial charge in [-0.15, -0.1) is 0 Å². The molecule has 2 nitrogen and oxygen atoms in total. The van der Waals surface area contributed by atoms with Crippen molar-refractivity contribution in [3.63, 3.8) is 0 Å². The van der Waals surface area contributed by atoms with E-state index in [1.807, 2.05) is 19.1 Å². The Hall–Kier alpha value is -1.88. The monoisotopic (exact) mass is 278 g/mol. The Morgan fingerprint density at radius 3 is 2.47 bits per heavy atom. The van der Waals surface area contributed by atoms with Gasteiger partial charge in [-0.25, -0.2) is 8.78 Å². The lowest BCUT2D eigenvalue weighted by molar-refractivity contribution is 0.565. The highest BCUT2D eigenvalue weighted by Crippen LogP contribution is 2.33. The molecule has 0 saturated heterocycles. The first-order valence-electron chi connectivity index (χ1n) is 5.55. The highest BCUT2D eigenvalue weighted by Gasteiger charge is 2.11. The number of nitrogens with one attached hydrogen (secondary N) is 1. The Balaban J connectivity index is 2.42. The minimum Gasteiger partial charge on any atom is -0.384 e. The maximum atomic E-state index is 13.6. The number of hydrogen-bond donors (Lipinski definition) is 2. The van der Waals surface area contributed by atoms with Crippen molar-refractivity contribution in [1.29, 1.82) is 5.41 Å². The second-order valence-corrected chi connectivity index (χ2v) is 5.17. The first-order chi connectivity index (χ1) is 8.97. The summed E-state index contributed by atoms with van der Waals surface area (Å²) in [5, 5.41) is 7.51. The van der Waals surface area contributed by atoms with Gasteiger partial charge in [-0.3, -0.25) is 5.41 Å². The van der Waals surface area contributed by atoms with Crippen molar-refractivity contribution in [2.75, 3.05) is 0 Å². The van der Waals surface area contributed by atoms with E-state index in [-0.39, 0.29) is 5.84 Å². The summed E-state index contributed by atoms with van der Waals surface area (Å²) in [5.41, 5.74) is 7.02. The molecule has 0 atom stereocenters. The number of nitrogens with two attached hydrogens (primary N) is 1. The molecule has 0 saturated carbocycles. The Bertz CT molecular complexity index is 641. The van der Waals surface area contributed by atoms with Crippen LogP contribution in [0.3, 0.4) is 0 Å². The number of hydrogen-bond acceptors (Lipinski definition) is 2. The molecule has 0 unspecified atom stereocenters. The molecule has 0 radical (unpaired) electrons. The summed E-state index contributed by atoms with van der Waals surface area (Å²) >= 11 is 1.13. The van der Waals surface area contributed by atoms with Crippen LogP contribution in [0.15, 0.2) is 46.2 Å². The number of aryl methyl sites for hydroxylation is 1. The van der Waals surface area contributed by atoms with Crippen LogP contribution in [0.4, 0.5) is 8.78 Å². The van der Waals surface area contributed by atoms with E-state index in [0.29, 0.717) is 15.4 Å². The molecule has 0 spiro atoms. The third-order valence-corrected chi connectivity index (χ3v) is 3.65. The summed E-state index contributed by atoms with van der Waals surface area (Å²) in [4.78, 5) is 0.979. The predicted octanol–water partition coefficient (Wildman–Crippen LogP) is 3.71. The summed E-state index contributed by atoms with van der Waals surface area (Å²) in [6.45, 7) is 1.90. The van der Waals surface area contributed by atoms with Crippen LogP contribution < -0.4 is 5.73 Å². The molecule has 3 N–H and O–H groups in total. The second kappa shape index (κ2) is 5.40. The minimum atomic E-state index is -0.624. The molecule has 0 aliphatic rings. The quantitative estimate of drug-likeness (QED) is 0.664. The highest BCUT2D eigenvalue weighted by molar-refractivity contribution is 7.99. The van der Waals surface area contributed by atoms with Crippen LogP contribution in [-0.4, -0.2) is 5.84 Å². The smallest absolute Gasteiger partial charge is 0.140 e. The Labute approximate surface area is 114 Å². The molecule has 0 amide bonds. The molecule has 5 heteroatoms. The van der Waals surface area contributed by atoms with Crippen molar-refractivity contribution < 1.29 is 8.78 Å². The van der Waals surface area contributed by atoms with E-state index < -0.39 is 11.6 Å². The van der Waals surface area contributed by atoms with Gasteiger partial charge in [-0.2, -0.15) is 0 Å². The molecular weight excluding hydrogens is 266 g/mol. The first kappa shape index (κ1) is 13.5. The van der Waals surface area contributed by atoms with Crippen molar-refractivity contribution in [3.8, 4) is 0 Å². The van der Waals surface area contributed by atoms with Crippen LogP contribution in [0, 0.1) is 24.0 Å². The molecule has 19 heavy (non-hydrogen) atoms. The lowest BCUT2D eigenvalue weighted by atomic mass is 10.1. The topological polar surface area (TPSA) is 49.9 Å². The van der Waals surface area contributed by atoms with Gasteiger partial charge in [-0.1, -0.05) is 17.8 Å². The fourth-order valence-electron chi connectivity index (χ4n) is 1.61. The van der Waals surface area contributed by atoms with Gasteiger partial charge in [0.15, 0.2) is 0 Å². The van der Waals surface area contributed by atoms with E-state index in [2.05, 4.69) is 0 Å². The zero-order valence-electron chi connectivity index (χ0n) is 10.2. The maximum absolute atomic E-state index is 13.6. The summed E-state index contributed by atoms with van der Waals surface area (Å²) in [6, 6.07) is 8.80. The molecule has 0 aromatic heterocycles. The van der Waals surface area contributed by atoms with Gasteiger partial charge in [0, 0.05) is 21.4 Å². The molecule has 2 rings (SSSR count). The van der Waals surface area contributed by atoms with Crippen LogP contribution in [0.2, 0.25) is 0 Å². The largest absolute Gasteiger partial charge is 0.384 e. The van der Waals surface area contributed by atoms with Gasteiger partial charge in [-0.05, 0) is 36.8 Å². The molecule has 0 aliphatic carbocycles. The molecule has 2 aromatic rings. The van der Waals surface area contributed by atoms with Crippen LogP contribution >= 0.6 is 11.8 Å². The number of rotatable bonds is 3. The number of benzene rings is 2. The summed E-state index contributed by atoms with van der Waals surface area (Å²) in [7, 11) is 0. The Morgan fingerprint density at radius 2 is 1.84 bits per heavy atom. The zero-order chi connectivity index (χ0) is 14.0. The van der Waals surface area contributed by atoms with Gasteiger partial charge in [0.2, 0.25) is 0 Å². The van der Waals surface area contributed by atoms with Crippen LogP contribution in [0.1, 0.15) is 11.1 Å². The number of halogens is 2. The third-order valence-electron chi connectivity index (χ3n) is 2.54. The van der Waals surface area contributed by atoms with E-state index in [9.17, 15) is 8.78 Å². The van der Waals surface area contributed by atoms with Gasteiger partial charge >= 0.3 is 0 Å². The fourth-order valence-corrected chi connectivity index (χ4v) is 2.68. The molecule has 0 heterocycles. The standard InChI is InChI=1S/C14H12F2N2S/c1-8-2-4-10(14(17)18)13(6-8)19-12-5-3-9(15)7-11(12)16/h2-7H,1H3,(H3,17,18). The van der Waals surface area contributed by atoms with Crippen LogP contribution in [-0.2, 0) is 0 Å². The summed E-state index contributed by atoms with van der Waals surface area (Å²) in [6.07, 6.45) is 0. The molecule has 0 fully saturated rings. The SMILES string of the molecule is Cc1ccc(C(=N)N)c(Sc2ccc(F)cc2F)c1. The second-order valence-electron chi connectivity index (χ2n) is 4.09. The van der Waals surface area contributed by atoms with Gasteiger partial charge < -0.3 is 5.73 Å². The van der Waals surface area contributed by atoms with E-state index in [1.54, 1.807) is 6.07 Å². The average molecular weight is 278 g/mol. The Morgan fingerprint density at radius 1 is 1.11 bits per heavy atom. The van der Waals surface area contributed by atoms with E-state index >= 15 is 0 Å². The normalized spacial score (nSPS) is 10.5. The first-order valence-corrected chi connectivity index (χ1v) is 6.37. The average Bonchev–Trinajstić information content (AvgIpc) is 2.32. The summed E-state index contributed by atoms with van der Waals surface area (Å²) < 4.78 is 26.5. The van der Waals surface area contributed by atoms with Crippen LogP contribution in [0.5, 0.6) is 0 Å². The molecule has 0 bridgehead atoms.